The highest BCUT2D eigenvalue weighted by molar-refractivity contribution is 5.95. The SMILES string of the molecule is COc1ccc(NC(=O)C2CCCN2)cc1OC1CCCC1. The summed E-state index contributed by atoms with van der Waals surface area (Å²) >= 11 is 0. The average molecular weight is 304 g/mol. The minimum Gasteiger partial charge on any atom is -0.493 e. The summed E-state index contributed by atoms with van der Waals surface area (Å²) in [5.41, 5.74) is 0.757. The summed E-state index contributed by atoms with van der Waals surface area (Å²) in [6.45, 7) is 0.913. The van der Waals surface area contributed by atoms with E-state index in [0.29, 0.717) is 11.5 Å². The molecule has 22 heavy (non-hydrogen) atoms. The first-order valence-electron chi connectivity index (χ1n) is 8.15. The van der Waals surface area contributed by atoms with Crippen LogP contribution in [0.3, 0.4) is 0 Å². The Morgan fingerprint density at radius 3 is 2.68 bits per heavy atom. The molecule has 3 rings (SSSR count). The number of anilines is 1. The Kier molecular flexibility index (Phi) is 4.83. The molecule has 2 N–H and O–H groups in total. The molecule has 0 aromatic heterocycles. The summed E-state index contributed by atoms with van der Waals surface area (Å²) in [5, 5.41) is 6.17. The molecule has 1 amide bonds. The van der Waals surface area contributed by atoms with Crippen LogP contribution in [0, 0.1) is 0 Å². The van der Waals surface area contributed by atoms with Crippen molar-refractivity contribution in [2.24, 2.45) is 0 Å². The van der Waals surface area contributed by atoms with Gasteiger partial charge in [0.15, 0.2) is 11.5 Å². The maximum atomic E-state index is 12.2. The minimum atomic E-state index is -0.0821. The number of methoxy groups -OCH3 is 1. The molecule has 5 heteroatoms. The molecule has 1 aromatic rings. The van der Waals surface area contributed by atoms with Gasteiger partial charge in [-0.15, -0.1) is 0 Å². The fraction of sp³-hybridized carbons (Fsp3) is 0.588. The van der Waals surface area contributed by atoms with Gasteiger partial charge in [0.05, 0.1) is 19.3 Å². The maximum Gasteiger partial charge on any atom is 0.241 e. The van der Waals surface area contributed by atoms with Gasteiger partial charge in [-0.05, 0) is 57.2 Å². The number of carbonyl (C=O) groups is 1. The molecule has 1 aliphatic heterocycles. The third kappa shape index (κ3) is 3.53. The molecule has 0 radical (unpaired) electrons. The van der Waals surface area contributed by atoms with Crippen LogP contribution in [-0.2, 0) is 4.79 Å². The summed E-state index contributed by atoms with van der Waals surface area (Å²) in [6.07, 6.45) is 6.83. The summed E-state index contributed by atoms with van der Waals surface area (Å²) in [5.74, 6) is 1.45. The van der Waals surface area contributed by atoms with Crippen molar-refractivity contribution in [1.82, 2.24) is 5.32 Å². The first-order valence-corrected chi connectivity index (χ1v) is 8.15. The highest BCUT2D eigenvalue weighted by atomic mass is 16.5. The van der Waals surface area contributed by atoms with Crippen LogP contribution in [0.2, 0.25) is 0 Å². The van der Waals surface area contributed by atoms with Crippen molar-refractivity contribution in [1.29, 1.82) is 0 Å². The van der Waals surface area contributed by atoms with E-state index in [-0.39, 0.29) is 18.1 Å². The van der Waals surface area contributed by atoms with E-state index in [1.54, 1.807) is 7.11 Å². The second-order valence-electron chi connectivity index (χ2n) is 6.03. The Labute approximate surface area is 131 Å². The summed E-state index contributed by atoms with van der Waals surface area (Å²) in [7, 11) is 1.64. The molecule has 1 aromatic carbocycles. The van der Waals surface area contributed by atoms with Gasteiger partial charge in [0, 0.05) is 11.8 Å². The molecule has 1 atom stereocenters. The van der Waals surface area contributed by atoms with Crippen LogP contribution in [-0.4, -0.2) is 31.7 Å². The normalized spacial score (nSPS) is 21.8. The number of hydrogen-bond donors (Lipinski definition) is 2. The van der Waals surface area contributed by atoms with Crippen molar-refractivity contribution >= 4 is 11.6 Å². The van der Waals surface area contributed by atoms with Crippen LogP contribution in [0.15, 0.2) is 18.2 Å². The van der Waals surface area contributed by atoms with Crippen molar-refractivity contribution in [3.63, 3.8) is 0 Å². The first-order chi connectivity index (χ1) is 10.8. The summed E-state index contributed by atoms with van der Waals surface area (Å²) in [6, 6.07) is 5.49. The van der Waals surface area contributed by atoms with E-state index in [0.717, 1.165) is 37.9 Å². The molecular formula is C17H24N2O3. The van der Waals surface area contributed by atoms with Crippen LogP contribution >= 0.6 is 0 Å². The van der Waals surface area contributed by atoms with Crippen LogP contribution in [0.5, 0.6) is 11.5 Å². The van der Waals surface area contributed by atoms with Crippen LogP contribution < -0.4 is 20.1 Å². The number of rotatable bonds is 5. The molecule has 120 valence electrons. The standard InChI is InChI=1S/C17H24N2O3/c1-21-15-9-8-12(19-17(20)14-7-4-10-18-14)11-16(15)22-13-5-2-3-6-13/h8-9,11,13-14,18H,2-7,10H2,1H3,(H,19,20). The topological polar surface area (TPSA) is 59.6 Å². The second-order valence-corrected chi connectivity index (χ2v) is 6.03. The van der Waals surface area contributed by atoms with Crippen molar-refractivity contribution < 1.29 is 14.3 Å². The Bertz CT molecular complexity index is 521. The van der Waals surface area contributed by atoms with Crippen molar-refractivity contribution in [2.45, 2.75) is 50.7 Å². The van der Waals surface area contributed by atoms with Gasteiger partial charge in [-0.1, -0.05) is 0 Å². The predicted octanol–water partition coefficient (Wildman–Crippen LogP) is 2.71. The lowest BCUT2D eigenvalue weighted by atomic mass is 10.2. The quantitative estimate of drug-likeness (QED) is 0.878. The lowest BCUT2D eigenvalue weighted by Gasteiger charge is -2.17. The average Bonchev–Trinajstić information content (AvgIpc) is 3.21. The molecule has 0 bridgehead atoms. The molecule has 1 unspecified atom stereocenters. The smallest absolute Gasteiger partial charge is 0.241 e. The zero-order valence-electron chi connectivity index (χ0n) is 13.1. The second kappa shape index (κ2) is 7.01. The number of benzene rings is 1. The number of carbonyl (C=O) groups excluding carboxylic acids is 1. The molecule has 1 aliphatic carbocycles. The van der Waals surface area contributed by atoms with Crippen molar-refractivity contribution in [2.75, 3.05) is 19.0 Å². The van der Waals surface area contributed by atoms with Crippen molar-refractivity contribution in [3.8, 4) is 11.5 Å². The lowest BCUT2D eigenvalue weighted by Crippen LogP contribution is -2.35. The number of ether oxygens (including phenoxy) is 2. The maximum absolute atomic E-state index is 12.2. The van der Waals surface area contributed by atoms with Gasteiger partial charge in [-0.25, -0.2) is 0 Å². The third-order valence-electron chi connectivity index (χ3n) is 4.40. The van der Waals surface area contributed by atoms with Gasteiger partial charge >= 0.3 is 0 Å². The van der Waals surface area contributed by atoms with Gasteiger partial charge in [0.1, 0.15) is 0 Å². The van der Waals surface area contributed by atoms with E-state index < -0.39 is 0 Å². The first kappa shape index (κ1) is 15.2. The third-order valence-corrected chi connectivity index (χ3v) is 4.40. The van der Waals surface area contributed by atoms with Gasteiger partial charge in [0.2, 0.25) is 5.91 Å². The van der Waals surface area contributed by atoms with Gasteiger partial charge in [-0.2, -0.15) is 0 Å². The zero-order valence-corrected chi connectivity index (χ0v) is 13.1. The van der Waals surface area contributed by atoms with Crippen LogP contribution in [0.1, 0.15) is 38.5 Å². The van der Waals surface area contributed by atoms with Crippen LogP contribution in [0.25, 0.3) is 0 Å². The number of amides is 1. The van der Waals surface area contributed by atoms with E-state index >= 15 is 0 Å². The Balaban J connectivity index is 1.69. The largest absolute Gasteiger partial charge is 0.493 e. The Hall–Kier alpha value is -1.75. The van der Waals surface area contributed by atoms with E-state index in [4.69, 9.17) is 9.47 Å². The van der Waals surface area contributed by atoms with Gasteiger partial charge < -0.3 is 20.1 Å². The highest BCUT2D eigenvalue weighted by Gasteiger charge is 2.23. The number of hydrogen-bond acceptors (Lipinski definition) is 4. The zero-order chi connectivity index (χ0) is 15.4. The molecular weight excluding hydrogens is 280 g/mol. The van der Waals surface area contributed by atoms with E-state index in [2.05, 4.69) is 10.6 Å². The molecule has 1 saturated carbocycles. The Morgan fingerprint density at radius 2 is 2.00 bits per heavy atom. The molecule has 2 fully saturated rings. The minimum absolute atomic E-state index is 0.0227. The van der Waals surface area contributed by atoms with E-state index in [1.807, 2.05) is 18.2 Å². The number of nitrogens with one attached hydrogen (secondary N) is 2. The molecule has 2 aliphatic rings. The lowest BCUT2D eigenvalue weighted by molar-refractivity contribution is -0.117. The summed E-state index contributed by atoms with van der Waals surface area (Å²) in [4.78, 5) is 12.2. The molecule has 5 nitrogen and oxygen atoms in total. The van der Waals surface area contributed by atoms with E-state index in [9.17, 15) is 4.79 Å². The predicted molar refractivity (Wildman–Crippen MR) is 85.5 cm³/mol. The summed E-state index contributed by atoms with van der Waals surface area (Å²) < 4.78 is 11.4. The Morgan fingerprint density at radius 1 is 1.18 bits per heavy atom. The van der Waals surface area contributed by atoms with Crippen LogP contribution in [0.4, 0.5) is 5.69 Å². The highest BCUT2D eigenvalue weighted by Crippen LogP contribution is 2.34. The van der Waals surface area contributed by atoms with Gasteiger partial charge in [-0.3, -0.25) is 4.79 Å². The molecule has 1 saturated heterocycles. The molecule has 0 spiro atoms. The van der Waals surface area contributed by atoms with Gasteiger partial charge in [0.25, 0.3) is 0 Å². The van der Waals surface area contributed by atoms with Crippen molar-refractivity contribution in [3.05, 3.63) is 18.2 Å². The molecule has 1 heterocycles. The monoisotopic (exact) mass is 304 g/mol. The fourth-order valence-corrected chi connectivity index (χ4v) is 3.17. The van der Waals surface area contributed by atoms with E-state index in [1.165, 1.54) is 12.8 Å². The fourth-order valence-electron chi connectivity index (χ4n) is 3.17.